The van der Waals surface area contributed by atoms with E-state index in [4.69, 9.17) is 0 Å². The van der Waals surface area contributed by atoms with Gasteiger partial charge in [0, 0.05) is 36.0 Å². The van der Waals surface area contributed by atoms with E-state index in [2.05, 4.69) is 10.5 Å². The number of rotatable bonds is 2. The molecule has 0 bridgehead atoms. The summed E-state index contributed by atoms with van der Waals surface area (Å²) in [7, 11) is 0. The molecule has 0 radical (unpaired) electrons. The molecule has 0 aromatic carbocycles. The monoisotopic (exact) mass is 282 g/mol. The Labute approximate surface area is 87.4 Å². The third kappa shape index (κ3) is 2.90. The van der Waals surface area contributed by atoms with Crippen LogP contribution in [-0.2, 0) is 4.79 Å². The Morgan fingerprint density at radius 2 is 2.17 bits per heavy atom. The lowest BCUT2D eigenvalue weighted by Crippen LogP contribution is -2.41. The number of carbonyl (C=O) groups is 1. The fourth-order valence-corrected chi connectivity index (χ4v) is 1.75. The van der Waals surface area contributed by atoms with Crippen LogP contribution in [0.1, 0.15) is 19.8 Å². The molecule has 0 aliphatic carbocycles. The Kier molecular flexibility index (Phi) is 4.28. The molecule has 1 aliphatic heterocycles. The average Bonchev–Trinajstić information content (AvgIpc) is 2.06. The number of hydrogen-bond donors (Lipinski definition) is 1. The number of likely N-dealkylation sites (tertiary alicyclic amines) is 1. The molecule has 1 amide bonds. The number of piperidine rings is 1. The van der Waals surface area contributed by atoms with Crippen molar-refractivity contribution in [2.45, 2.75) is 19.8 Å². The Balaban J connectivity index is 2.29. The summed E-state index contributed by atoms with van der Waals surface area (Å²) >= 11 is 2.01. The van der Waals surface area contributed by atoms with E-state index in [1.54, 1.807) is 0 Å². The molecule has 1 rings (SSSR count). The van der Waals surface area contributed by atoms with Crippen molar-refractivity contribution in [3.05, 3.63) is 0 Å². The zero-order valence-electron chi connectivity index (χ0n) is 7.35. The van der Waals surface area contributed by atoms with Gasteiger partial charge in [-0.2, -0.15) is 0 Å². The minimum Gasteiger partial charge on any atom is -0.342 e. The molecule has 1 heterocycles. The first-order valence-electron chi connectivity index (χ1n) is 4.35. The highest BCUT2D eigenvalue weighted by atomic mass is 127. The maximum Gasteiger partial charge on any atom is 0.237 e. The van der Waals surface area contributed by atoms with Gasteiger partial charge < -0.3 is 4.90 Å². The van der Waals surface area contributed by atoms with Crippen molar-refractivity contribution in [2.75, 3.05) is 19.6 Å². The first kappa shape index (κ1) is 10.2. The second-order valence-corrected chi connectivity index (χ2v) is 4.14. The smallest absolute Gasteiger partial charge is 0.237 e. The number of halogens is 1. The minimum atomic E-state index is 0.233. The number of nitrogens with one attached hydrogen (secondary N) is 1. The maximum atomic E-state index is 11.4. The van der Waals surface area contributed by atoms with Gasteiger partial charge in [0.1, 0.15) is 0 Å². The van der Waals surface area contributed by atoms with Gasteiger partial charge in [-0.1, -0.05) is 6.92 Å². The van der Waals surface area contributed by atoms with Gasteiger partial charge in [0.25, 0.3) is 0 Å². The summed E-state index contributed by atoms with van der Waals surface area (Å²) < 4.78 is 2.85. The molecule has 0 unspecified atom stereocenters. The van der Waals surface area contributed by atoms with Crippen LogP contribution in [0.3, 0.4) is 0 Å². The molecule has 0 aromatic heterocycles. The first-order valence-corrected chi connectivity index (χ1v) is 5.43. The molecule has 1 aliphatic rings. The van der Waals surface area contributed by atoms with Crippen molar-refractivity contribution >= 4 is 28.8 Å². The maximum absolute atomic E-state index is 11.4. The van der Waals surface area contributed by atoms with Gasteiger partial charge >= 0.3 is 0 Å². The van der Waals surface area contributed by atoms with Crippen LogP contribution < -0.4 is 3.53 Å². The molecule has 1 N–H and O–H groups in total. The summed E-state index contributed by atoms with van der Waals surface area (Å²) in [6.07, 6.45) is 2.32. The van der Waals surface area contributed by atoms with Crippen LogP contribution in [0.25, 0.3) is 0 Å². The fraction of sp³-hybridized carbons (Fsp3) is 0.875. The van der Waals surface area contributed by atoms with Crippen LogP contribution in [0.4, 0.5) is 0 Å². The summed E-state index contributed by atoms with van der Waals surface area (Å²) in [6, 6.07) is 0. The summed E-state index contributed by atoms with van der Waals surface area (Å²) in [6.45, 7) is 4.60. The highest BCUT2D eigenvalue weighted by molar-refractivity contribution is 14.1. The van der Waals surface area contributed by atoms with E-state index in [-0.39, 0.29) is 5.91 Å². The van der Waals surface area contributed by atoms with Gasteiger partial charge in [0.2, 0.25) is 5.91 Å². The molecule has 0 atom stereocenters. The summed E-state index contributed by atoms with van der Waals surface area (Å²) in [5.74, 6) is 1.03. The zero-order chi connectivity index (χ0) is 8.97. The topological polar surface area (TPSA) is 32.3 Å². The van der Waals surface area contributed by atoms with Crippen LogP contribution in [0.5, 0.6) is 0 Å². The van der Waals surface area contributed by atoms with Gasteiger partial charge in [-0.3, -0.25) is 8.32 Å². The zero-order valence-corrected chi connectivity index (χ0v) is 9.50. The van der Waals surface area contributed by atoms with Crippen molar-refractivity contribution < 1.29 is 4.79 Å². The standard InChI is InChI=1S/C8H15IN2O/c1-7-2-4-11(5-3-7)8(12)6-10-9/h7,10H,2-6H2,1H3. The van der Waals surface area contributed by atoms with Crippen LogP contribution in [-0.4, -0.2) is 30.4 Å². The van der Waals surface area contributed by atoms with Gasteiger partial charge in [-0.15, -0.1) is 0 Å². The number of carbonyl (C=O) groups excluding carboxylic acids is 1. The van der Waals surface area contributed by atoms with E-state index in [1.165, 1.54) is 0 Å². The van der Waals surface area contributed by atoms with Gasteiger partial charge in [0.05, 0.1) is 6.54 Å². The third-order valence-corrected chi connectivity index (χ3v) is 2.74. The lowest BCUT2D eigenvalue weighted by molar-refractivity contribution is -0.131. The average molecular weight is 282 g/mol. The Morgan fingerprint density at radius 1 is 1.58 bits per heavy atom. The Hall–Kier alpha value is 0.160. The van der Waals surface area contributed by atoms with Crippen LogP contribution in [0, 0.1) is 5.92 Å². The van der Waals surface area contributed by atoms with E-state index in [0.717, 1.165) is 31.8 Å². The molecule has 0 saturated carbocycles. The SMILES string of the molecule is CC1CCN(C(=O)CNI)CC1. The molecule has 1 fully saturated rings. The van der Waals surface area contributed by atoms with Crippen molar-refractivity contribution in [1.29, 1.82) is 0 Å². The quantitative estimate of drug-likeness (QED) is 0.609. The summed E-state index contributed by atoms with van der Waals surface area (Å²) in [5, 5.41) is 0. The fourth-order valence-electron chi connectivity index (χ4n) is 1.43. The second kappa shape index (κ2) is 5.01. The highest BCUT2D eigenvalue weighted by Gasteiger charge is 2.19. The van der Waals surface area contributed by atoms with Gasteiger partial charge in [-0.05, 0) is 18.8 Å². The predicted octanol–water partition coefficient (Wildman–Crippen LogP) is 1.18. The molecular weight excluding hydrogens is 267 g/mol. The first-order chi connectivity index (χ1) is 5.74. The highest BCUT2D eigenvalue weighted by Crippen LogP contribution is 2.15. The summed E-state index contributed by atoms with van der Waals surface area (Å²) in [5.41, 5.74) is 0. The lowest BCUT2D eigenvalue weighted by Gasteiger charge is -2.30. The van der Waals surface area contributed by atoms with Crippen LogP contribution in [0.2, 0.25) is 0 Å². The normalized spacial score (nSPS) is 19.7. The van der Waals surface area contributed by atoms with Crippen LogP contribution in [0.15, 0.2) is 0 Å². The molecule has 0 aromatic rings. The van der Waals surface area contributed by atoms with E-state index in [0.29, 0.717) is 6.54 Å². The minimum absolute atomic E-state index is 0.233. The predicted molar refractivity (Wildman–Crippen MR) is 57.0 cm³/mol. The largest absolute Gasteiger partial charge is 0.342 e. The Bertz CT molecular complexity index is 155. The second-order valence-electron chi connectivity index (χ2n) is 3.37. The number of nitrogens with zero attached hydrogens (tertiary/aromatic N) is 1. The van der Waals surface area contributed by atoms with E-state index in [9.17, 15) is 4.79 Å². The molecule has 12 heavy (non-hydrogen) atoms. The summed E-state index contributed by atoms with van der Waals surface area (Å²) in [4.78, 5) is 13.3. The van der Waals surface area contributed by atoms with Crippen molar-refractivity contribution in [1.82, 2.24) is 8.43 Å². The molecule has 3 nitrogen and oxygen atoms in total. The van der Waals surface area contributed by atoms with Crippen molar-refractivity contribution in [3.63, 3.8) is 0 Å². The molecule has 4 heteroatoms. The molecular formula is C8H15IN2O. The van der Waals surface area contributed by atoms with Gasteiger partial charge in [0.15, 0.2) is 0 Å². The van der Waals surface area contributed by atoms with Crippen LogP contribution >= 0.6 is 22.9 Å². The lowest BCUT2D eigenvalue weighted by atomic mass is 9.99. The van der Waals surface area contributed by atoms with E-state index in [1.807, 2.05) is 27.8 Å². The number of amides is 1. The third-order valence-electron chi connectivity index (χ3n) is 2.35. The van der Waals surface area contributed by atoms with E-state index < -0.39 is 0 Å². The Morgan fingerprint density at radius 3 is 2.67 bits per heavy atom. The van der Waals surface area contributed by atoms with Gasteiger partial charge in [-0.25, -0.2) is 0 Å². The molecule has 1 saturated heterocycles. The van der Waals surface area contributed by atoms with Crippen molar-refractivity contribution in [2.24, 2.45) is 5.92 Å². The van der Waals surface area contributed by atoms with Crippen molar-refractivity contribution in [3.8, 4) is 0 Å². The molecule has 0 spiro atoms. The number of hydrogen-bond acceptors (Lipinski definition) is 2. The van der Waals surface area contributed by atoms with E-state index >= 15 is 0 Å². The molecule has 70 valence electrons.